The van der Waals surface area contributed by atoms with E-state index < -0.39 is 34.5 Å². The first-order valence-corrected chi connectivity index (χ1v) is 12.5. The Morgan fingerprint density at radius 1 is 1.00 bits per heavy atom. The number of urea groups is 1. The maximum atomic E-state index is 12.8. The number of carbonyl (C=O) groups excluding carboxylic acids is 3. The van der Waals surface area contributed by atoms with Gasteiger partial charge in [0, 0.05) is 18.8 Å². The third-order valence-corrected chi connectivity index (χ3v) is 7.74. The molecule has 1 fully saturated rings. The largest absolute Gasteiger partial charge is 0.452 e. The molecule has 0 atom stereocenters. The fraction of sp³-hybridized carbons (Fsp3) is 0.375. The molecule has 0 aromatic heterocycles. The quantitative estimate of drug-likeness (QED) is 0.604. The fourth-order valence-corrected chi connectivity index (χ4v) is 4.97. The van der Waals surface area contributed by atoms with Crippen LogP contribution in [0.25, 0.3) is 0 Å². The summed E-state index contributed by atoms with van der Waals surface area (Å²) in [4.78, 5) is 36.2. The lowest BCUT2D eigenvalue weighted by atomic mass is 10.0. The third kappa shape index (κ3) is 6.42. The third-order valence-electron chi connectivity index (χ3n) is 5.82. The van der Waals surface area contributed by atoms with Crippen LogP contribution in [0.2, 0.25) is 0 Å². The van der Waals surface area contributed by atoms with Gasteiger partial charge in [0.15, 0.2) is 6.61 Å². The number of aryl methyl sites for hydroxylation is 2. The van der Waals surface area contributed by atoms with Crippen molar-refractivity contribution in [2.45, 2.75) is 38.5 Å². The number of rotatable bonds is 6. The zero-order valence-electron chi connectivity index (χ0n) is 19.5. The Hall–Kier alpha value is -3.24. The van der Waals surface area contributed by atoms with Gasteiger partial charge in [0.2, 0.25) is 10.0 Å². The monoisotopic (exact) mass is 487 g/mol. The molecule has 1 aliphatic heterocycles. The highest BCUT2D eigenvalue weighted by Gasteiger charge is 2.28. The Labute approximate surface area is 199 Å². The Kier molecular flexibility index (Phi) is 8.06. The summed E-state index contributed by atoms with van der Waals surface area (Å²) in [6.07, 6.45) is 1.63. The highest BCUT2D eigenvalue weighted by atomic mass is 32.2. The lowest BCUT2D eigenvalue weighted by molar-refractivity contribution is -0.123. The molecule has 2 N–H and O–H groups in total. The standard InChI is InChI=1S/C24H29N3O6S/c1-16-10-12-27(13-11-16)34(31,32)21-8-5-19(6-9-21)23(29)33-15-22(28)26-24(30)25-20-7-4-17(2)18(3)14-20/h4-9,14,16H,10-13,15H2,1-3H3,(H2,25,26,28,30). The van der Waals surface area contributed by atoms with E-state index in [9.17, 15) is 22.8 Å². The normalized spacial score (nSPS) is 14.9. The van der Waals surface area contributed by atoms with Crippen molar-refractivity contribution >= 4 is 33.6 Å². The van der Waals surface area contributed by atoms with Crippen molar-refractivity contribution in [3.8, 4) is 0 Å². The van der Waals surface area contributed by atoms with Crippen molar-refractivity contribution in [3.05, 3.63) is 59.2 Å². The summed E-state index contributed by atoms with van der Waals surface area (Å²) < 4.78 is 31.9. The number of esters is 1. The number of hydrogen-bond donors (Lipinski definition) is 2. The Balaban J connectivity index is 1.50. The number of sulfonamides is 1. The zero-order chi connectivity index (χ0) is 24.9. The van der Waals surface area contributed by atoms with E-state index in [1.807, 2.05) is 19.9 Å². The van der Waals surface area contributed by atoms with Crippen LogP contribution in [-0.4, -0.2) is 50.3 Å². The van der Waals surface area contributed by atoms with Crippen molar-refractivity contribution in [2.75, 3.05) is 25.0 Å². The fourth-order valence-electron chi connectivity index (χ4n) is 3.50. The maximum absolute atomic E-state index is 12.8. The van der Waals surface area contributed by atoms with Crippen molar-refractivity contribution in [2.24, 2.45) is 5.92 Å². The van der Waals surface area contributed by atoms with Gasteiger partial charge in [0.1, 0.15) is 0 Å². The summed E-state index contributed by atoms with van der Waals surface area (Å²) in [5.41, 5.74) is 2.68. The highest BCUT2D eigenvalue weighted by molar-refractivity contribution is 7.89. The topological polar surface area (TPSA) is 122 Å². The van der Waals surface area contributed by atoms with Gasteiger partial charge in [-0.1, -0.05) is 13.0 Å². The van der Waals surface area contributed by atoms with Crippen LogP contribution in [0.1, 0.15) is 41.3 Å². The molecular weight excluding hydrogens is 458 g/mol. The van der Waals surface area contributed by atoms with Gasteiger partial charge < -0.3 is 10.1 Å². The molecule has 0 spiro atoms. The van der Waals surface area contributed by atoms with Crippen LogP contribution >= 0.6 is 0 Å². The Morgan fingerprint density at radius 2 is 1.65 bits per heavy atom. The first-order valence-electron chi connectivity index (χ1n) is 11.0. The molecule has 9 nitrogen and oxygen atoms in total. The van der Waals surface area contributed by atoms with E-state index in [-0.39, 0.29) is 10.5 Å². The average Bonchev–Trinajstić information content (AvgIpc) is 2.80. The van der Waals surface area contributed by atoms with Gasteiger partial charge in [-0.05, 0) is 80.1 Å². The van der Waals surface area contributed by atoms with Crippen molar-refractivity contribution < 1.29 is 27.5 Å². The SMILES string of the molecule is Cc1ccc(NC(=O)NC(=O)COC(=O)c2ccc(S(=O)(=O)N3CCC(C)CC3)cc2)cc1C. The van der Waals surface area contributed by atoms with Gasteiger partial charge in [-0.25, -0.2) is 18.0 Å². The second kappa shape index (κ2) is 10.8. The molecule has 2 aromatic carbocycles. The predicted octanol–water partition coefficient (Wildman–Crippen LogP) is 3.23. The lowest BCUT2D eigenvalue weighted by Crippen LogP contribution is -2.37. The Bertz CT molecular complexity index is 1170. The number of benzene rings is 2. The van der Waals surface area contributed by atoms with Crippen LogP contribution in [0.15, 0.2) is 47.4 Å². The Morgan fingerprint density at radius 3 is 2.26 bits per heavy atom. The number of amides is 3. The predicted molar refractivity (Wildman–Crippen MR) is 127 cm³/mol. The molecule has 3 amide bonds. The molecule has 2 aromatic rings. The van der Waals surface area contributed by atoms with Crippen LogP contribution in [0.5, 0.6) is 0 Å². The minimum Gasteiger partial charge on any atom is -0.452 e. The summed E-state index contributed by atoms with van der Waals surface area (Å²) in [5.74, 6) is -1.10. The number of imide groups is 1. The number of hydrogen-bond acceptors (Lipinski definition) is 6. The lowest BCUT2D eigenvalue weighted by Gasteiger charge is -2.29. The van der Waals surface area contributed by atoms with E-state index in [1.54, 1.807) is 12.1 Å². The molecule has 0 bridgehead atoms. The van der Waals surface area contributed by atoms with E-state index in [2.05, 4.69) is 17.6 Å². The molecule has 0 aliphatic carbocycles. The molecule has 10 heteroatoms. The molecule has 182 valence electrons. The highest BCUT2D eigenvalue weighted by Crippen LogP contribution is 2.23. The summed E-state index contributed by atoms with van der Waals surface area (Å²) >= 11 is 0. The van der Waals surface area contributed by atoms with Crippen LogP contribution in [-0.2, 0) is 19.6 Å². The number of anilines is 1. The van der Waals surface area contributed by atoms with Crippen molar-refractivity contribution in [1.82, 2.24) is 9.62 Å². The van der Waals surface area contributed by atoms with Crippen LogP contribution in [0.3, 0.4) is 0 Å². The number of piperidine rings is 1. The second-order valence-electron chi connectivity index (χ2n) is 8.49. The van der Waals surface area contributed by atoms with Gasteiger partial charge in [0.25, 0.3) is 5.91 Å². The van der Waals surface area contributed by atoms with Crippen LogP contribution in [0, 0.1) is 19.8 Å². The minimum absolute atomic E-state index is 0.0959. The molecular formula is C24H29N3O6S. The molecule has 0 unspecified atom stereocenters. The van der Waals surface area contributed by atoms with Gasteiger partial charge in [-0.3, -0.25) is 10.1 Å². The first-order chi connectivity index (χ1) is 16.1. The van der Waals surface area contributed by atoms with Gasteiger partial charge in [0.05, 0.1) is 10.5 Å². The molecule has 0 radical (unpaired) electrons. The second-order valence-corrected chi connectivity index (χ2v) is 10.4. The molecule has 1 heterocycles. The van der Waals surface area contributed by atoms with Gasteiger partial charge >= 0.3 is 12.0 Å². The van der Waals surface area contributed by atoms with E-state index >= 15 is 0 Å². The first kappa shape index (κ1) is 25.4. The summed E-state index contributed by atoms with van der Waals surface area (Å²) in [6, 6.07) is 9.96. The van der Waals surface area contributed by atoms with E-state index in [1.165, 1.54) is 28.6 Å². The number of ether oxygens (including phenoxy) is 1. The van der Waals surface area contributed by atoms with E-state index in [4.69, 9.17) is 4.74 Å². The summed E-state index contributed by atoms with van der Waals surface area (Å²) in [5, 5.41) is 4.62. The maximum Gasteiger partial charge on any atom is 0.338 e. The number of nitrogens with zero attached hydrogens (tertiary/aromatic N) is 1. The molecule has 3 rings (SSSR count). The zero-order valence-corrected chi connectivity index (χ0v) is 20.3. The van der Waals surface area contributed by atoms with Gasteiger partial charge in [-0.15, -0.1) is 0 Å². The van der Waals surface area contributed by atoms with E-state index in [0.717, 1.165) is 24.0 Å². The van der Waals surface area contributed by atoms with Crippen LogP contribution in [0.4, 0.5) is 10.5 Å². The number of carbonyl (C=O) groups is 3. The molecule has 1 aliphatic rings. The molecule has 0 saturated carbocycles. The van der Waals surface area contributed by atoms with Crippen molar-refractivity contribution in [3.63, 3.8) is 0 Å². The summed E-state index contributed by atoms with van der Waals surface area (Å²) in [7, 11) is -3.63. The van der Waals surface area contributed by atoms with E-state index in [0.29, 0.717) is 24.7 Å². The van der Waals surface area contributed by atoms with Gasteiger partial charge in [-0.2, -0.15) is 4.31 Å². The van der Waals surface area contributed by atoms with Crippen molar-refractivity contribution in [1.29, 1.82) is 0 Å². The minimum atomic E-state index is -3.63. The smallest absolute Gasteiger partial charge is 0.338 e. The number of nitrogens with one attached hydrogen (secondary N) is 2. The summed E-state index contributed by atoms with van der Waals surface area (Å²) in [6.45, 7) is 6.23. The molecule has 34 heavy (non-hydrogen) atoms. The molecule has 1 saturated heterocycles. The van der Waals surface area contributed by atoms with Crippen LogP contribution < -0.4 is 10.6 Å². The average molecular weight is 488 g/mol.